The molecule has 0 amide bonds. The minimum absolute atomic E-state index is 0.0455. The summed E-state index contributed by atoms with van der Waals surface area (Å²) in [7, 11) is 1.39. The molecule has 0 bridgehead atoms. The topological polar surface area (TPSA) is 120 Å². The second-order valence-corrected chi connectivity index (χ2v) is 4.16. The lowest BCUT2D eigenvalue weighted by atomic mass is 10.2. The summed E-state index contributed by atoms with van der Waals surface area (Å²) in [5, 5.41) is 27.1. The molecule has 0 saturated carbocycles. The zero-order valence-corrected chi connectivity index (χ0v) is 11.1. The number of hydrogen-bond acceptors (Lipinski definition) is 6. The Morgan fingerprint density at radius 1 is 1.52 bits per heavy atom. The van der Waals surface area contributed by atoms with E-state index in [2.05, 4.69) is 10.3 Å². The predicted molar refractivity (Wildman–Crippen MR) is 70.5 cm³/mol. The van der Waals surface area contributed by atoms with Gasteiger partial charge in [0.15, 0.2) is 5.75 Å². The maximum Gasteiger partial charge on any atom is 0.303 e. The number of aryl methyl sites for hydroxylation is 1. The van der Waals surface area contributed by atoms with Gasteiger partial charge in [-0.2, -0.15) is 0 Å². The van der Waals surface area contributed by atoms with E-state index in [9.17, 15) is 14.9 Å². The molecule has 1 aromatic heterocycles. The minimum Gasteiger partial charge on any atom is -0.494 e. The molecule has 0 saturated heterocycles. The second-order valence-electron chi connectivity index (χ2n) is 4.16. The van der Waals surface area contributed by atoms with Crippen molar-refractivity contribution in [2.75, 3.05) is 7.11 Å². The number of rotatable bonds is 6. The van der Waals surface area contributed by atoms with Gasteiger partial charge in [-0.1, -0.05) is 5.21 Å². The maximum absolute atomic E-state index is 10.7. The molecule has 1 N–H and O–H groups in total. The summed E-state index contributed by atoms with van der Waals surface area (Å²) in [6.45, 7) is 0. The number of nitro groups is 1. The zero-order valence-electron chi connectivity index (χ0n) is 11.1. The number of aromatic nitrogens is 3. The summed E-state index contributed by atoms with van der Waals surface area (Å²) >= 11 is 0. The molecule has 0 unspecified atom stereocenters. The Hall–Kier alpha value is -2.97. The van der Waals surface area contributed by atoms with Crippen LogP contribution >= 0.6 is 0 Å². The number of ether oxygens (including phenoxy) is 1. The van der Waals surface area contributed by atoms with Crippen LogP contribution in [0.15, 0.2) is 24.4 Å². The number of carbonyl (C=O) groups is 1. The Morgan fingerprint density at radius 3 is 2.90 bits per heavy atom. The van der Waals surface area contributed by atoms with Crippen LogP contribution in [0.25, 0.3) is 5.69 Å². The van der Waals surface area contributed by atoms with Crippen LogP contribution in [0.4, 0.5) is 5.69 Å². The summed E-state index contributed by atoms with van der Waals surface area (Å²) < 4.78 is 6.50. The number of carboxylic acids is 1. The van der Waals surface area contributed by atoms with Crippen LogP contribution in [0.2, 0.25) is 0 Å². The smallest absolute Gasteiger partial charge is 0.303 e. The first-order valence-corrected chi connectivity index (χ1v) is 5.97. The number of carboxylic acid groups (broad SMARTS) is 1. The standard InChI is InChI=1S/C12H12N4O5/c1-21-11-6-9(16(19)20)3-4-10(11)15-7-8(13-14-15)2-5-12(17)18/h3-4,6-7H,2,5H2,1H3,(H,17,18). The lowest BCUT2D eigenvalue weighted by Crippen LogP contribution is -2.00. The fraction of sp³-hybridized carbons (Fsp3) is 0.250. The highest BCUT2D eigenvalue weighted by molar-refractivity contribution is 5.66. The van der Waals surface area contributed by atoms with Crippen molar-refractivity contribution in [3.8, 4) is 11.4 Å². The van der Waals surface area contributed by atoms with E-state index in [1.165, 1.54) is 30.0 Å². The molecule has 0 fully saturated rings. The summed E-state index contributed by atoms with van der Waals surface area (Å²) in [5.41, 5.74) is 0.900. The van der Waals surface area contributed by atoms with Crippen LogP contribution in [-0.4, -0.2) is 38.1 Å². The molecule has 1 heterocycles. The quantitative estimate of drug-likeness (QED) is 0.627. The number of non-ortho nitro benzene ring substituents is 1. The number of methoxy groups -OCH3 is 1. The summed E-state index contributed by atoms with van der Waals surface area (Å²) in [6.07, 6.45) is 1.77. The van der Waals surface area contributed by atoms with Gasteiger partial charge in [-0.05, 0) is 6.07 Å². The molecule has 9 heteroatoms. The van der Waals surface area contributed by atoms with Crippen molar-refractivity contribution in [3.63, 3.8) is 0 Å². The van der Waals surface area contributed by atoms with Gasteiger partial charge in [-0.3, -0.25) is 14.9 Å². The molecule has 0 aliphatic carbocycles. The van der Waals surface area contributed by atoms with Gasteiger partial charge in [0.2, 0.25) is 0 Å². The number of nitro benzene ring substituents is 1. The predicted octanol–water partition coefficient (Wildman–Crippen LogP) is 1.20. The van der Waals surface area contributed by atoms with Gasteiger partial charge < -0.3 is 9.84 Å². The third-order valence-electron chi connectivity index (χ3n) is 2.76. The Kier molecular flexibility index (Phi) is 4.12. The van der Waals surface area contributed by atoms with E-state index in [0.29, 0.717) is 11.4 Å². The molecule has 0 atom stereocenters. The Bertz CT molecular complexity index is 682. The van der Waals surface area contributed by atoms with Gasteiger partial charge in [0.05, 0.1) is 36.4 Å². The van der Waals surface area contributed by atoms with E-state index >= 15 is 0 Å². The number of benzene rings is 1. The van der Waals surface area contributed by atoms with Crippen molar-refractivity contribution in [3.05, 3.63) is 40.2 Å². The second kappa shape index (κ2) is 5.99. The van der Waals surface area contributed by atoms with E-state index in [1.54, 1.807) is 6.20 Å². The highest BCUT2D eigenvalue weighted by Crippen LogP contribution is 2.27. The van der Waals surface area contributed by atoms with Crippen LogP contribution < -0.4 is 4.74 Å². The van der Waals surface area contributed by atoms with Crippen LogP contribution in [0.5, 0.6) is 5.75 Å². The third kappa shape index (κ3) is 3.32. The molecule has 0 radical (unpaired) electrons. The van der Waals surface area contributed by atoms with Gasteiger partial charge in [-0.25, -0.2) is 4.68 Å². The summed E-state index contributed by atoms with van der Waals surface area (Å²) in [6, 6.07) is 4.11. The van der Waals surface area contributed by atoms with E-state index in [-0.39, 0.29) is 24.3 Å². The summed E-state index contributed by atoms with van der Waals surface area (Å²) in [5.74, 6) is -0.642. The van der Waals surface area contributed by atoms with E-state index < -0.39 is 10.9 Å². The molecule has 0 aliphatic heterocycles. The normalized spacial score (nSPS) is 10.3. The highest BCUT2D eigenvalue weighted by atomic mass is 16.6. The molecule has 2 aromatic rings. The molecule has 21 heavy (non-hydrogen) atoms. The molecular weight excluding hydrogens is 280 g/mol. The summed E-state index contributed by atoms with van der Waals surface area (Å²) in [4.78, 5) is 20.7. The van der Waals surface area contributed by atoms with Crippen molar-refractivity contribution in [1.29, 1.82) is 0 Å². The molecule has 0 spiro atoms. The highest BCUT2D eigenvalue weighted by Gasteiger charge is 2.14. The van der Waals surface area contributed by atoms with Crippen molar-refractivity contribution in [1.82, 2.24) is 15.0 Å². The van der Waals surface area contributed by atoms with Gasteiger partial charge in [0, 0.05) is 12.5 Å². The fourth-order valence-electron chi connectivity index (χ4n) is 1.73. The minimum atomic E-state index is -0.919. The maximum atomic E-state index is 10.7. The van der Waals surface area contributed by atoms with Crippen LogP contribution in [0, 0.1) is 10.1 Å². The largest absolute Gasteiger partial charge is 0.494 e. The molecule has 110 valence electrons. The van der Waals surface area contributed by atoms with E-state index in [4.69, 9.17) is 9.84 Å². The first-order chi connectivity index (χ1) is 10.0. The van der Waals surface area contributed by atoms with Gasteiger partial charge >= 0.3 is 5.97 Å². The van der Waals surface area contributed by atoms with Crippen molar-refractivity contribution < 1.29 is 19.6 Å². The van der Waals surface area contributed by atoms with Gasteiger partial charge in [0.25, 0.3) is 5.69 Å². The first-order valence-electron chi connectivity index (χ1n) is 5.97. The van der Waals surface area contributed by atoms with Crippen LogP contribution in [-0.2, 0) is 11.2 Å². The average Bonchev–Trinajstić information content (AvgIpc) is 2.93. The van der Waals surface area contributed by atoms with Crippen LogP contribution in [0.1, 0.15) is 12.1 Å². The molecule has 1 aromatic carbocycles. The molecular formula is C12H12N4O5. The fourth-order valence-corrected chi connectivity index (χ4v) is 1.73. The lowest BCUT2D eigenvalue weighted by molar-refractivity contribution is -0.384. The monoisotopic (exact) mass is 292 g/mol. The van der Waals surface area contributed by atoms with Gasteiger partial charge in [-0.15, -0.1) is 5.10 Å². The van der Waals surface area contributed by atoms with Crippen molar-refractivity contribution in [2.24, 2.45) is 0 Å². The first kappa shape index (κ1) is 14.4. The average molecular weight is 292 g/mol. The number of aliphatic carboxylic acids is 1. The zero-order chi connectivity index (χ0) is 15.4. The Labute approximate surface area is 118 Å². The van der Waals surface area contributed by atoms with Crippen molar-refractivity contribution >= 4 is 11.7 Å². The van der Waals surface area contributed by atoms with Gasteiger partial charge in [0.1, 0.15) is 5.69 Å². The third-order valence-corrected chi connectivity index (χ3v) is 2.76. The number of hydrogen-bond donors (Lipinski definition) is 1. The van der Waals surface area contributed by atoms with E-state index in [0.717, 1.165) is 0 Å². The Morgan fingerprint density at radius 2 is 2.29 bits per heavy atom. The number of nitrogens with zero attached hydrogens (tertiary/aromatic N) is 4. The Balaban J connectivity index is 2.29. The molecule has 2 rings (SSSR count). The SMILES string of the molecule is COc1cc([N+](=O)[O-])ccc1-n1cc(CCC(=O)O)nn1. The molecule has 0 aliphatic rings. The molecule has 9 nitrogen and oxygen atoms in total. The van der Waals surface area contributed by atoms with Crippen LogP contribution in [0.3, 0.4) is 0 Å². The van der Waals surface area contributed by atoms with E-state index in [1.807, 2.05) is 0 Å². The lowest BCUT2D eigenvalue weighted by Gasteiger charge is -2.06. The van der Waals surface area contributed by atoms with Crippen molar-refractivity contribution in [2.45, 2.75) is 12.8 Å².